The first-order chi connectivity index (χ1) is 11.2. The van der Waals surface area contributed by atoms with Gasteiger partial charge >= 0.3 is 5.97 Å². The van der Waals surface area contributed by atoms with E-state index in [4.69, 9.17) is 19.1 Å². The second-order valence-electron chi connectivity index (χ2n) is 5.18. The zero-order valence-corrected chi connectivity index (χ0v) is 13.5. The van der Waals surface area contributed by atoms with Crippen LogP contribution >= 0.6 is 11.8 Å². The normalized spacial score (nSPS) is 15.3. The van der Waals surface area contributed by atoms with E-state index in [0.717, 1.165) is 24.3 Å². The average Bonchev–Trinajstić information content (AvgIpc) is 3.06. The van der Waals surface area contributed by atoms with Crippen molar-refractivity contribution in [2.75, 3.05) is 18.6 Å². The Hall–Kier alpha value is -2.15. The van der Waals surface area contributed by atoms with E-state index in [2.05, 4.69) is 5.16 Å². The summed E-state index contributed by atoms with van der Waals surface area (Å²) in [7, 11) is 1.59. The molecule has 0 saturated carbocycles. The summed E-state index contributed by atoms with van der Waals surface area (Å²) in [4.78, 5) is 10.9. The number of nitrogens with zero attached hydrogens (tertiary/aromatic N) is 1. The molecule has 2 aromatic rings. The molecule has 0 unspecified atom stereocenters. The minimum absolute atomic E-state index is 0.123. The van der Waals surface area contributed by atoms with Gasteiger partial charge in [0.05, 0.1) is 7.11 Å². The highest BCUT2D eigenvalue weighted by molar-refractivity contribution is 7.99. The number of carboxylic acids is 1. The number of hydrogen-bond donors (Lipinski definition) is 1. The van der Waals surface area contributed by atoms with E-state index in [0.29, 0.717) is 22.8 Å². The molecule has 1 N–H and O–H groups in total. The first-order valence-electron chi connectivity index (χ1n) is 7.30. The van der Waals surface area contributed by atoms with Gasteiger partial charge in [-0.2, -0.15) is 11.8 Å². The highest BCUT2D eigenvalue weighted by Gasteiger charge is 2.19. The third kappa shape index (κ3) is 3.61. The Balaban J connectivity index is 1.86. The van der Waals surface area contributed by atoms with Crippen molar-refractivity contribution in [3.8, 4) is 22.8 Å². The lowest BCUT2D eigenvalue weighted by Gasteiger charge is -2.24. The van der Waals surface area contributed by atoms with E-state index < -0.39 is 5.97 Å². The molecule has 1 aliphatic heterocycles. The number of rotatable bonds is 5. The minimum atomic E-state index is -1.12. The third-order valence-electron chi connectivity index (χ3n) is 3.64. The van der Waals surface area contributed by atoms with Gasteiger partial charge in [-0.3, -0.25) is 0 Å². The molecule has 7 heteroatoms. The molecule has 1 aromatic heterocycles. The van der Waals surface area contributed by atoms with Gasteiger partial charge in [-0.25, -0.2) is 4.79 Å². The number of aromatic nitrogens is 1. The van der Waals surface area contributed by atoms with Crippen LogP contribution in [0.4, 0.5) is 0 Å². The number of carbonyl (C=O) groups is 1. The van der Waals surface area contributed by atoms with Crippen LogP contribution in [0, 0.1) is 0 Å². The van der Waals surface area contributed by atoms with Gasteiger partial charge in [0.2, 0.25) is 0 Å². The molecule has 1 aromatic carbocycles. The number of carboxylic acid groups (broad SMARTS) is 1. The molecule has 6 nitrogen and oxygen atoms in total. The molecule has 3 rings (SSSR count). The first kappa shape index (κ1) is 15.7. The third-order valence-corrected chi connectivity index (χ3v) is 4.69. The fourth-order valence-electron chi connectivity index (χ4n) is 2.41. The fraction of sp³-hybridized carbons (Fsp3) is 0.375. The Bertz CT molecular complexity index is 694. The Morgan fingerprint density at radius 1 is 1.30 bits per heavy atom. The van der Waals surface area contributed by atoms with Gasteiger partial charge in [0.15, 0.2) is 23.0 Å². The van der Waals surface area contributed by atoms with Crippen LogP contribution in [0.1, 0.15) is 23.3 Å². The van der Waals surface area contributed by atoms with E-state index in [1.54, 1.807) is 25.3 Å². The van der Waals surface area contributed by atoms with Crippen LogP contribution in [0.25, 0.3) is 11.3 Å². The lowest BCUT2D eigenvalue weighted by Crippen LogP contribution is -2.22. The molecule has 0 atom stereocenters. The van der Waals surface area contributed by atoms with Crippen molar-refractivity contribution in [1.29, 1.82) is 0 Å². The number of aromatic carboxylic acids is 1. The maximum absolute atomic E-state index is 10.9. The minimum Gasteiger partial charge on any atom is -0.493 e. The Morgan fingerprint density at radius 3 is 2.74 bits per heavy atom. The van der Waals surface area contributed by atoms with E-state index in [1.165, 1.54) is 6.07 Å². The molecule has 1 aliphatic rings. The predicted molar refractivity (Wildman–Crippen MR) is 86.4 cm³/mol. The van der Waals surface area contributed by atoms with Crippen molar-refractivity contribution in [2.24, 2.45) is 0 Å². The van der Waals surface area contributed by atoms with Gasteiger partial charge in [-0.05, 0) is 42.5 Å². The van der Waals surface area contributed by atoms with Crippen LogP contribution in [0.2, 0.25) is 0 Å². The Kier molecular flexibility index (Phi) is 4.76. The molecular formula is C16H17NO5S. The standard InChI is InChI=1S/C16H17NO5S/c1-20-13-3-2-10(14-9-12(16(18)19)17-22-14)8-15(13)21-11-4-6-23-7-5-11/h2-3,8-9,11H,4-7H2,1H3,(H,18,19). The van der Waals surface area contributed by atoms with Crippen molar-refractivity contribution >= 4 is 17.7 Å². The van der Waals surface area contributed by atoms with Crippen LogP contribution in [0.15, 0.2) is 28.8 Å². The Labute approximate surface area is 137 Å². The van der Waals surface area contributed by atoms with E-state index in [1.807, 2.05) is 11.8 Å². The molecule has 1 fully saturated rings. The zero-order valence-electron chi connectivity index (χ0n) is 12.7. The number of thioether (sulfide) groups is 1. The molecule has 0 spiro atoms. The summed E-state index contributed by atoms with van der Waals surface area (Å²) in [5, 5.41) is 12.5. The van der Waals surface area contributed by atoms with Crippen LogP contribution in [0.5, 0.6) is 11.5 Å². The van der Waals surface area contributed by atoms with E-state index in [-0.39, 0.29) is 11.8 Å². The van der Waals surface area contributed by atoms with Gasteiger partial charge in [-0.15, -0.1) is 0 Å². The molecular weight excluding hydrogens is 318 g/mol. The van der Waals surface area contributed by atoms with Crippen LogP contribution in [-0.2, 0) is 0 Å². The maximum atomic E-state index is 10.9. The fourth-order valence-corrected chi connectivity index (χ4v) is 3.47. The largest absolute Gasteiger partial charge is 0.493 e. The number of methoxy groups -OCH3 is 1. The van der Waals surface area contributed by atoms with Gasteiger partial charge in [0, 0.05) is 11.6 Å². The van der Waals surface area contributed by atoms with Crippen molar-refractivity contribution in [1.82, 2.24) is 5.16 Å². The van der Waals surface area contributed by atoms with Crippen LogP contribution in [0.3, 0.4) is 0 Å². The molecule has 0 amide bonds. The Morgan fingerprint density at radius 2 is 2.09 bits per heavy atom. The maximum Gasteiger partial charge on any atom is 0.358 e. The van der Waals surface area contributed by atoms with Crippen LogP contribution < -0.4 is 9.47 Å². The molecule has 2 heterocycles. The van der Waals surface area contributed by atoms with Gasteiger partial charge in [0.25, 0.3) is 0 Å². The summed E-state index contributed by atoms with van der Waals surface area (Å²) < 4.78 is 16.5. The first-order valence-corrected chi connectivity index (χ1v) is 8.45. The number of hydrogen-bond acceptors (Lipinski definition) is 6. The second-order valence-corrected chi connectivity index (χ2v) is 6.40. The average molecular weight is 335 g/mol. The van der Waals surface area contributed by atoms with Crippen LogP contribution in [-0.4, -0.2) is 41.0 Å². The number of benzene rings is 1. The lowest BCUT2D eigenvalue weighted by atomic mass is 10.1. The highest BCUT2D eigenvalue weighted by atomic mass is 32.2. The molecule has 122 valence electrons. The number of ether oxygens (including phenoxy) is 2. The SMILES string of the molecule is COc1ccc(-c2cc(C(=O)O)no2)cc1OC1CCSCC1. The summed E-state index contributed by atoms with van der Waals surface area (Å²) in [5.41, 5.74) is 0.577. The molecule has 0 aliphatic carbocycles. The summed E-state index contributed by atoms with van der Waals surface area (Å²) in [6, 6.07) is 6.76. The molecule has 0 radical (unpaired) electrons. The topological polar surface area (TPSA) is 81.8 Å². The highest BCUT2D eigenvalue weighted by Crippen LogP contribution is 2.35. The quantitative estimate of drug-likeness (QED) is 0.897. The van der Waals surface area contributed by atoms with Gasteiger partial charge in [0.1, 0.15) is 6.10 Å². The second kappa shape index (κ2) is 6.95. The van der Waals surface area contributed by atoms with Crippen molar-refractivity contribution in [2.45, 2.75) is 18.9 Å². The summed E-state index contributed by atoms with van der Waals surface area (Å²) >= 11 is 1.93. The summed E-state index contributed by atoms with van der Waals surface area (Å²) in [5.74, 6) is 2.73. The van der Waals surface area contributed by atoms with E-state index >= 15 is 0 Å². The molecule has 0 bridgehead atoms. The summed E-state index contributed by atoms with van der Waals surface area (Å²) in [6.45, 7) is 0. The van der Waals surface area contributed by atoms with E-state index in [9.17, 15) is 4.79 Å². The molecule has 23 heavy (non-hydrogen) atoms. The lowest BCUT2D eigenvalue weighted by molar-refractivity contribution is 0.0686. The van der Waals surface area contributed by atoms with Crippen molar-refractivity contribution in [3.63, 3.8) is 0 Å². The summed E-state index contributed by atoms with van der Waals surface area (Å²) in [6.07, 6.45) is 2.18. The molecule has 1 saturated heterocycles. The van der Waals surface area contributed by atoms with Crippen molar-refractivity contribution in [3.05, 3.63) is 30.0 Å². The van der Waals surface area contributed by atoms with Crippen molar-refractivity contribution < 1.29 is 23.9 Å². The van der Waals surface area contributed by atoms with Gasteiger partial charge in [-0.1, -0.05) is 5.16 Å². The smallest absolute Gasteiger partial charge is 0.358 e. The van der Waals surface area contributed by atoms with Gasteiger partial charge < -0.3 is 19.1 Å². The predicted octanol–water partition coefficient (Wildman–Crippen LogP) is 3.32. The zero-order chi connectivity index (χ0) is 16.2. The monoisotopic (exact) mass is 335 g/mol.